The zero-order valence-electron chi connectivity index (χ0n) is 17.7. The van der Waals surface area contributed by atoms with Crippen molar-refractivity contribution in [2.24, 2.45) is 11.7 Å². The normalized spacial score (nSPS) is 17.1. The molecular weight excluding hydrogens is 378 g/mol. The Morgan fingerprint density at radius 1 is 1.25 bits per heavy atom. The Labute approximate surface area is 175 Å². The number of carboxylic acid groups (broad SMARTS) is 1. The van der Waals surface area contributed by atoms with Gasteiger partial charge in [-0.1, -0.05) is 39.3 Å². The van der Waals surface area contributed by atoms with Gasteiger partial charge in [-0.05, 0) is 25.7 Å². The molecule has 0 aromatic carbocycles. The van der Waals surface area contributed by atoms with Crippen LogP contribution in [0.2, 0.25) is 0 Å². The summed E-state index contributed by atoms with van der Waals surface area (Å²) in [5, 5.41) is 22.5. The quantitative estimate of drug-likeness (QED) is 0.158. The van der Waals surface area contributed by atoms with E-state index < -0.39 is 11.6 Å². The van der Waals surface area contributed by atoms with E-state index in [1.807, 2.05) is 19.9 Å². The lowest BCUT2D eigenvalue weighted by atomic mass is 9.98. The lowest BCUT2D eigenvalue weighted by Crippen LogP contribution is -2.69. The van der Waals surface area contributed by atoms with Crippen LogP contribution >= 0.6 is 12.6 Å². The van der Waals surface area contributed by atoms with Crippen molar-refractivity contribution in [1.82, 2.24) is 10.2 Å². The molecule has 0 aliphatic rings. The highest BCUT2D eigenvalue weighted by Crippen LogP contribution is 2.24. The number of amides is 1. The van der Waals surface area contributed by atoms with Gasteiger partial charge in [0.25, 0.3) is 0 Å². The molecule has 0 saturated carbocycles. The van der Waals surface area contributed by atoms with Crippen molar-refractivity contribution in [2.45, 2.75) is 77.5 Å². The number of allylic oxidation sites excluding steroid dienone is 1. The lowest BCUT2D eigenvalue weighted by molar-refractivity contribution is -0.166. The average Bonchev–Trinajstić information content (AvgIpc) is 2.68. The zero-order valence-corrected chi connectivity index (χ0v) is 18.6. The summed E-state index contributed by atoms with van der Waals surface area (Å²) < 4.78 is 0. The number of aliphatic hydroxyl groups is 1. The third-order valence-electron chi connectivity index (χ3n) is 5.12. The Morgan fingerprint density at radius 3 is 2.36 bits per heavy atom. The molecule has 5 N–H and O–H groups in total. The van der Waals surface area contributed by atoms with Crippen LogP contribution in [0.1, 0.15) is 59.8 Å². The van der Waals surface area contributed by atoms with Crippen LogP contribution in [-0.2, 0) is 9.59 Å². The number of nitrogens with zero attached hydrogens (tertiary/aromatic N) is 1. The van der Waals surface area contributed by atoms with Crippen LogP contribution in [0.5, 0.6) is 0 Å². The molecule has 0 aromatic heterocycles. The Morgan fingerprint density at radius 2 is 1.89 bits per heavy atom. The van der Waals surface area contributed by atoms with E-state index in [0.29, 0.717) is 18.1 Å². The second-order valence-corrected chi connectivity index (χ2v) is 7.77. The highest BCUT2D eigenvalue weighted by atomic mass is 32.1. The van der Waals surface area contributed by atoms with Gasteiger partial charge in [0.1, 0.15) is 0 Å². The first-order chi connectivity index (χ1) is 13.2. The molecule has 0 aliphatic heterocycles. The number of carboxylic acids is 1. The minimum Gasteiger partial charge on any atom is -0.478 e. The minimum absolute atomic E-state index is 0.113. The third kappa shape index (κ3) is 8.11. The number of hydrogen-bond acceptors (Lipinski definition) is 6. The third-order valence-corrected chi connectivity index (χ3v) is 5.59. The summed E-state index contributed by atoms with van der Waals surface area (Å²) in [5.41, 5.74) is 4.18. The Hall–Kier alpha value is -1.09. The van der Waals surface area contributed by atoms with E-state index in [0.717, 1.165) is 12.8 Å². The van der Waals surface area contributed by atoms with E-state index in [1.54, 1.807) is 6.08 Å². The second kappa shape index (κ2) is 14.0. The van der Waals surface area contributed by atoms with Crippen LogP contribution < -0.4 is 11.1 Å². The number of carbonyl (C=O) groups excluding carboxylic acids is 1. The Kier molecular flexibility index (Phi) is 13.4. The molecule has 0 aliphatic carbocycles. The Balaban J connectivity index is 5.69. The van der Waals surface area contributed by atoms with Gasteiger partial charge < -0.3 is 20.8 Å². The van der Waals surface area contributed by atoms with Crippen molar-refractivity contribution >= 4 is 24.5 Å². The van der Waals surface area contributed by atoms with Crippen molar-refractivity contribution in [3.63, 3.8) is 0 Å². The maximum atomic E-state index is 13.0. The van der Waals surface area contributed by atoms with Crippen LogP contribution in [0.15, 0.2) is 12.2 Å². The van der Waals surface area contributed by atoms with Crippen molar-refractivity contribution in [1.29, 1.82) is 0 Å². The predicted octanol–water partition coefficient (Wildman–Crippen LogP) is 2.01. The van der Waals surface area contributed by atoms with E-state index in [1.165, 1.54) is 4.90 Å². The maximum absolute atomic E-state index is 13.0. The molecule has 164 valence electrons. The number of aliphatic hydroxyl groups excluding tert-OH is 1. The molecule has 8 heteroatoms. The molecule has 0 bridgehead atoms. The van der Waals surface area contributed by atoms with Crippen molar-refractivity contribution in [3.8, 4) is 0 Å². The fourth-order valence-electron chi connectivity index (χ4n) is 2.90. The van der Waals surface area contributed by atoms with Crippen LogP contribution in [0.25, 0.3) is 0 Å². The van der Waals surface area contributed by atoms with Gasteiger partial charge in [0.2, 0.25) is 5.91 Å². The SMILES string of the molecule is CC[C@H](C)C/C=C/CC(=O)N([C@H](C)CC)[C@](CCO)(NC[C@@H](N)CS)C(=O)O. The van der Waals surface area contributed by atoms with Gasteiger partial charge in [0, 0.05) is 43.8 Å². The van der Waals surface area contributed by atoms with Crippen LogP contribution in [0, 0.1) is 5.92 Å². The number of carbonyl (C=O) groups is 2. The van der Waals surface area contributed by atoms with Crippen LogP contribution in [-0.4, -0.2) is 63.6 Å². The van der Waals surface area contributed by atoms with E-state index in [2.05, 4.69) is 31.8 Å². The number of aliphatic carboxylic acids is 1. The van der Waals surface area contributed by atoms with Gasteiger partial charge in [-0.2, -0.15) is 12.6 Å². The van der Waals surface area contributed by atoms with Gasteiger partial charge in [-0.25, -0.2) is 4.79 Å². The highest BCUT2D eigenvalue weighted by Gasteiger charge is 2.47. The molecule has 7 nitrogen and oxygen atoms in total. The number of nitrogens with one attached hydrogen (secondary N) is 1. The smallest absolute Gasteiger partial charge is 0.345 e. The summed E-state index contributed by atoms with van der Waals surface area (Å²) in [6.45, 7) is 7.76. The first kappa shape index (κ1) is 26.9. The van der Waals surface area contributed by atoms with Crippen molar-refractivity contribution < 1.29 is 19.8 Å². The topological polar surface area (TPSA) is 116 Å². The summed E-state index contributed by atoms with van der Waals surface area (Å²) in [4.78, 5) is 26.7. The molecule has 4 atom stereocenters. The summed E-state index contributed by atoms with van der Waals surface area (Å²) in [6.07, 6.45) is 6.28. The van der Waals surface area contributed by atoms with Crippen LogP contribution in [0.4, 0.5) is 0 Å². The fraction of sp³-hybridized carbons (Fsp3) is 0.800. The minimum atomic E-state index is -1.72. The standard InChI is InChI=1S/C20H39N3O4S/c1-5-15(3)9-7-8-10-18(25)23(16(4)6-2)20(11-12-24,19(26)27)22-13-17(21)14-28/h7-8,15-17,22,24,28H,5-6,9-14,21H2,1-4H3,(H,26,27)/b8-7+/t15-,16+,17+,20-/m0/s1. The number of thiol groups is 1. The summed E-state index contributed by atoms with van der Waals surface area (Å²) >= 11 is 4.13. The lowest BCUT2D eigenvalue weighted by Gasteiger charge is -2.44. The number of hydrogen-bond donors (Lipinski definition) is 5. The average molecular weight is 418 g/mol. The molecule has 0 saturated heterocycles. The van der Waals surface area contributed by atoms with Gasteiger partial charge in [-0.15, -0.1) is 0 Å². The molecule has 1 amide bonds. The summed E-state index contributed by atoms with van der Waals surface area (Å²) in [6, 6.07) is -0.692. The predicted molar refractivity (Wildman–Crippen MR) is 116 cm³/mol. The highest BCUT2D eigenvalue weighted by molar-refractivity contribution is 7.80. The molecule has 0 heterocycles. The van der Waals surface area contributed by atoms with E-state index in [9.17, 15) is 19.8 Å². The van der Waals surface area contributed by atoms with Gasteiger partial charge >= 0.3 is 5.97 Å². The fourth-order valence-corrected chi connectivity index (χ4v) is 3.03. The molecule has 0 radical (unpaired) electrons. The van der Waals surface area contributed by atoms with E-state index in [-0.39, 0.29) is 44.0 Å². The molecule has 28 heavy (non-hydrogen) atoms. The molecule has 0 fully saturated rings. The first-order valence-electron chi connectivity index (χ1n) is 10.1. The zero-order chi connectivity index (χ0) is 21.7. The number of nitrogens with two attached hydrogens (primary N) is 1. The summed E-state index contributed by atoms with van der Waals surface area (Å²) in [7, 11) is 0. The molecule has 0 aromatic rings. The van der Waals surface area contributed by atoms with E-state index >= 15 is 0 Å². The van der Waals surface area contributed by atoms with Gasteiger partial charge in [0.15, 0.2) is 5.66 Å². The first-order valence-corrected chi connectivity index (χ1v) is 10.8. The molecule has 0 rings (SSSR count). The molecule has 0 spiro atoms. The second-order valence-electron chi connectivity index (χ2n) is 7.41. The maximum Gasteiger partial charge on any atom is 0.345 e. The molecular formula is C20H39N3O4S. The van der Waals surface area contributed by atoms with Crippen molar-refractivity contribution in [2.75, 3.05) is 18.9 Å². The van der Waals surface area contributed by atoms with Gasteiger partial charge in [0.05, 0.1) is 0 Å². The Bertz CT molecular complexity index is 504. The summed E-state index contributed by atoms with van der Waals surface area (Å²) in [5.74, 6) is -0.589. The largest absolute Gasteiger partial charge is 0.478 e. The van der Waals surface area contributed by atoms with Crippen LogP contribution in [0.3, 0.4) is 0 Å². The van der Waals surface area contributed by atoms with E-state index in [4.69, 9.17) is 5.73 Å². The van der Waals surface area contributed by atoms with Crippen molar-refractivity contribution in [3.05, 3.63) is 12.2 Å². The monoisotopic (exact) mass is 417 g/mol. The number of rotatable bonds is 15. The van der Waals surface area contributed by atoms with Gasteiger partial charge in [-0.3, -0.25) is 10.1 Å². The molecule has 0 unspecified atom stereocenters.